The van der Waals surface area contributed by atoms with E-state index in [1.807, 2.05) is 79.0 Å². The fourth-order valence-electron chi connectivity index (χ4n) is 3.95. The van der Waals surface area contributed by atoms with Gasteiger partial charge in [0.05, 0.1) is 0 Å². The first-order chi connectivity index (χ1) is 15.2. The third-order valence-electron chi connectivity index (χ3n) is 5.47. The molecule has 0 radical (unpaired) electrons. The van der Waals surface area contributed by atoms with Crippen molar-refractivity contribution in [2.75, 3.05) is 6.61 Å². The lowest BCUT2D eigenvalue weighted by Gasteiger charge is -2.24. The van der Waals surface area contributed by atoms with Gasteiger partial charge in [0.25, 0.3) is 0 Å². The molecule has 3 aromatic rings. The summed E-state index contributed by atoms with van der Waals surface area (Å²) in [5.41, 5.74) is 4.38. The van der Waals surface area contributed by atoms with E-state index in [4.69, 9.17) is 14.7 Å². The highest BCUT2D eigenvalue weighted by Gasteiger charge is 2.21. The van der Waals surface area contributed by atoms with Crippen LogP contribution in [0.5, 0.6) is 5.75 Å². The van der Waals surface area contributed by atoms with Crippen LogP contribution in [0, 0.1) is 5.92 Å². The largest absolute Gasteiger partial charge is 0.482 e. The van der Waals surface area contributed by atoms with Gasteiger partial charge in [-0.2, -0.15) is 0 Å². The average molecular weight is 415 g/mol. The highest BCUT2D eigenvalue weighted by molar-refractivity contribution is 5.68. The number of carbonyl (C=O) groups is 1. The molecule has 158 valence electrons. The molecule has 0 saturated carbocycles. The summed E-state index contributed by atoms with van der Waals surface area (Å²) in [6.45, 7) is -0.324. The second-order valence-electron chi connectivity index (χ2n) is 7.64. The van der Waals surface area contributed by atoms with Crippen LogP contribution in [0.25, 0.3) is 0 Å². The fourth-order valence-corrected chi connectivity index (χ4v) is 3.95. The van der Waals surface area contributed by atoms with Gasteiger partial charge in [-0.05, 0) is 47.6 Å². The molecule has 3 aromatic carbocycles. The maximum absolute atomic E-state index is 10.8. The van der Waals surface area contributed by atoms with Crippen molar-refractivity contribution in [1.29, 1.82) is 0 Å². The van der Waals surface area contributed by atoms with Gasteiger partial charge in [-0.3, -0.25) is 0 Å². The van der Waals surface area contributed by atoms with Crippen molar-refractivity contribution < 1.29 is 19.5 Å². The standard InChI is InChI=1S/C26H25NO4/c28-25(29)18-30-24-13-7-12-22-16-19(14-15-23(22)24)17-27-31-26(20-8-3-1-4-9-20)21-10-5-2-6-11-21/h1-13,17,19,26H,14-16,18H2,(H,28,29)/b27-17+. The van der Waals surface area contributed by atoms with E-state index in [2.05, 4.69) is 11.2 Å². The summed E-state index contributed by atoms with van der Waals surface area (Å²) in [4.78, 5) is 16.8. The Bertz CT molecular complexity index is 994. The van der Waals surface area contributed by atoms with E-state index in [1.54, 1.807) is 0 Å². The SMILES string of the molecule is O=C(O)COc1cccc2c1CCC(/C=N/OC(c1ccccc1)c1ccccc1)C2. The number of aliphatic carboxylic acids is 1. The molecule has 0 fully saturated rings. The summed E-state index contributed by atoms with van der Waals surface area (Å²) in [5.74, 6) is -0.0452. The zero-order valence-corrected chi connectivity index (χ0v) is 17.2. The lowest BCUT2D eigenvalue weighted by Crippen LogP contribution is -2.18. The molecule has 0 aliphatic heterocycles. The number of carboxylic acids is 1. The average Bonchev–Trinajstić information content (AvgIpc) is 2.81. The normalized spacial score (nSPS) is 15.6. The van der Waals surface area contributed by atoms with E-state index in [-0.39, 0.29) is 18.6 Å². The predicted molar refractivity (Wildman–Crippen MR) is 119 cm³/mol. The van der Waals surface area contributed by atoms with Crippen molar-refractivity contribution in [3.8, 4) is 5.75 Å². The number of hydrogen-bond acceptors (Lipinski definition) is 4. The van der Waals surface area contributed by atoms with Crippen LogP contribution in [0.15, 0.2) is 84.0 Å². The Morgan fingerprint density at radius 3 is 2.32 bits per heavy atom. The third-order valence-corrected chi connectivity index (χ3v) is 5.47. The number of rotatable bonds is 8. The van der Waals surface area contributed by atoms with E-state index < -0.39 is 5.97 Å². The summed E-state index contributed by atoms with van der Waals surface area (Å²) in [5, 5.41) is 13.2. The van der Waals surface area contributed by atoms with Gasteiger partial charge in [-0.1, -0.05) is 78.0 Å². The van der Waals surface area contributed by atoms with Crippen molar-refractivity contribution in [3.05, 3.63) is 101 Å². The topological polar surface area (TPSA) is 68.1 Å². The van der Waals surface area contributed by atoms with Crippen molar-refractivity contribution >= 4 is 12.2 Å². The molecule has 4 rings (SSSR count). The number of nitrogens with zero attached hydrogens (tertiary/aromatic N) is 1. The zero-order valence-electron chi connectivity index (χ0n) is 17.2. The third kappa shape index (κ3) is 5.31. The smallest absolute Gasteiger partial charge is 0.341 e. The maximum atomic E-state index is 10.8. The van der Waals surface area contributed by atoms with Crippen LogP contribution in [-0.4, -0.2) is 23.9 Å². The molecule has 0 aromatic heterocycles. The Morgan fingerprint density at radius 1 is 1.00 bits per heavy atom. The van der Waals surface area contributed by atoms with Gasteiger partial charge < -0.3 is 14.7 Å². The van der Waals surface area contributed by atoms with Crippen LogP contribution in [0.2, 0.25) is 0 Å². The Morgan fingerprint density at radius 2 is 1.68 bits per heavy atom. The number of carboxylic acid groups (broad SMARTS) is 1. The van der Waals surface area contributed by atoms with Gasteiger partial charge in [0, 0.05) is 12.1 Å². The molecule has 0 amide bonds. The second-order valence-corrected chi connectivity index (χ2v) is 7.64. The number of ether oxygens (including phenoxy) is 1. The Kier molecular flexibility index (Phi) is 6.62. The van der Waals surface area contributed by atoms with Crippen LogP contribution in [0.3, 0.4) is 0 Å². The van der Waals surface area contributed by atoms with Crippen molar-refractivity contribution in [3.63, 3.8) is 0 Å². The van der Waals surface area contributed by atoms with Crippen LogP contribution in [0.1, 0.15) is 34.8 Å². The molecule has 0 bridgehead atoms. The molecular weight excluding hydrogens is 390 g/mol. The van der Waals surface area contributed by atoms with Gasteiger partial charge in [0.15, 0.2) is 12.7 Å². The second kappa shape index (κ2) is 9.94. The minimum Gasteiger partial charge on any atom is -0.482 e. The van der Waals surface area contributed by atoms with Crippen molar-refractivity contribution in [2.24, 2.45) is 11.1 Å². The monoisotopic (exact) mass is 415 g/mol. The van der Waals surface area contributed by atoms with E-state index >= 15 is 0 Å². The summed E-state index contributed by atoms with van der Waals surface area (Å²) < 4.78 is 5.45. The Balaban J connectivity index is 1.44. The lowest BCUT2D eigenvalue weighted by molar-refractivity contribution is -0.139. The molecule has 1 N–H and O–H groups in total. The highest BCUT2D eigenvalue weighted by atomic mass is 16.6. The summed E-state index contributed by atoms with van der Waals surface area (Å²) in [7, 11) is 0. The molecule has 5 heteroatoms. The predicted octanol–water partition coefficient (Wildman–Crippen LogP) is 5.05. The first kappa shape index (κ1) is 20.7. The van der Waals surface area contributed by atoms with Crippen LogP contribution in [0.4, 0.5) is 0 Å². The van der Waals surface area contributed by atoms with Gasteiger partial charge in [-0.15, -0.1) is 0 Å². The number of fused-ring (bicyclic) bond motifs is 1. The highest BCUT2D eigenvalue weighted by Crippen LogP contribution is 2.32. The van der Waals surface area contributed by atoms with Crippen LogP contribution in [-0.2, 0) is 22.5 Å². The Hall–Kier alpha value is -3.60. The molecular formula is C26H25NO4. The molecule has 0 saturated heterocycles. The number of benzene rings is 3. The maximum Gasteiger partial charge on any atom is 0.341 e. The molecule has 0 heterocycles. The molecule has 0 spiro atoms. The lowest BCUT2D eigenvalue weighted by atomic mass is 9.84. The van der Waals surface area contributed by atoms with Gasteiger partial charge in [0.1, 0.15) is 5.75 Å². The van der Waals surface area contributed by atoms with Crippen LogP contribution >= 0.6 is 0 Å². The van der Waals surface area contributed by atoms with Gasteiger partial charge >= 0.3 is 5.97 Å². The summed E-state index contributed by atoms with van der Waals surface area (Å²) in [6.07, 6.45) is 4.20. The summed E-state index contributed by atoms with van der Waals surface area (Å²) in [6, 6.07) is 26.0. The molecule has 5 nitrogen and oxygen atoms in total. The minimum atomic E-state index is -0.970. The molecule has 1 unspecified atom stereocenters. The number of oxime groups is 1. The molecule has 1 aliphatic rings. The fraction of sp³-hybridized carbons (Fsp3) is 0.231. The molecule has 1 atom stereocenters. The van der Waals surface area contributed by atoms with Gasteiger partial charge in [0.2, 0.25) is 0 Å². The van der Waals surface area contributed by atoms with E-state index in [0.717, 1.165) is 36.0 Å². The first-order valence-electron chi connectivity index (χ1n) is 10.5. The first-order valence-corrected chi connectivity index (χ1v) is 10.5. The molecule has 1 aliphatic carbocycles. The van der Waals surface area contributed by atoms with Crippen molar-refractivity contribution in [1.82, 2.24) is 0 Å². The quantitative estimate of drug-likeness (QED) is 0.413. The Labute approximate surface area is 181 Å². The number of hydrogen-bond donors (Lipinski definition) is 1. The minimum absolute atomic E-state index is 0.259. The van der Waals surface area contributed by atoms with E-state index in [0.29, 0.717) is 5.75 Å². The van der Waals surface area contributed by atoms with Crippen molar-refractivity contribution in [2.45, 2.75) is 25.4 Å². The zero-order chi connectivity index (χ0) is 21.5. The van der Waals surface area contributed by atoms with Gasteiger partial charge in [-0.25, -0.2) is 4.79 Å². The van der Waals surface area contributed by atoms with Crippen LogP contribution < -0.4 is 4.74 Å². The van der Waals surface area contributed by atoms with E-state index in [9.17, 15) is 4.79 Å². The summed E-state index contributed by atoms with van der Waals surface area (Å²) >= 11 is 0. The molecule has 31 heavy (non-hydrogen) atoms. The van der Waals surface area contributed by atoms with E-state index in [1.165, 1.54) is 5.56 Å².